The monoisotopic (exact) mass is 369 g/mol. The largest absolute Gasteiger partial charge is 0.486 e. The van der Waals surface area contributed by atoms with Crippen molar-refractivity contribution in [2.24, 2.45) is 0 Å². The molecule has 2 aromatic carbocycles. The predicted octanol–water partition coefficient (Wildman–Crippen LogP) is 3.27. The average molecular weight is 370 g/mol. The van der Waals surface area contributed by atoms with E-state index in [2.05, 4.69) is 10.4 Å². The van der Waals surface area contributed by atoms with Gasteiger partial charge in [0, 0.05) is 6.54 Å². The van der Waals surface area contributed by atoms with Crippen LogP contribution in [0.2, 0.25) is 5.02 Å². The lowest BCUT2D eigenvalue weighted by Crippen LogP contribution is -2.22. The molecule has 0 radical (unpaired) electrons. The van der Waals surface area contributed by atoms with Gasteiger partial charge in [-0.25, -0.2) is 0 Å². The third kappa shape index (κ3) is 3.23. The lowest BCUT2D eigenvalue weighted by Gasteiger charge is -2.19. The van der Waals surface area contributed by atoms with Crippen molar-refractivity contribution in [3.8, 4) is 17.2 Å². The van der Waals surface area contributed by atoms with Gasteiger partial charge < -0.3 is 14.8 Å². The zero-order valence-corrected chi connectivity index (χ0v) is 14.6. The minimum absolute atomic E-state index is 0.0985. The molecular formula is C19H16ClN3O3. The van der Waals surface area contributed by atoms with Crippen molar-refractivity contribution in [2.75, 3.05) is 18.5 Å². The minimum atomic E-state index is -0.370. The molecule has 6 nitrogen and oxygen atoms in total. The van der Waals surface area contributed by atoms with Crippen LogP contribution in [0.25, 0.3) is 5.69 Å². The Balaban J connectivity index is 1.54. The number of para-hydroxylation sites is 1. The van der Waals surface area contributed by atoms with Gasteiger partial charge in [-0.3, -0.25) is 4.79 Å². The van der Waals surface area contributed by atoms with Crippen molar-refractivity contribution in [3.63, 3.8) is 0 Å². The van der Waals surface area contributed by atoms with E-state index >= 15 is 0 Å². The molecule has 0 aliphatic carbocycles. The Bertz CT molecular complexity index is 989. The Kier molecular flexibility index (Phi) is 4.50. The van der Waals surface area contributed by atoms with E-state index < -0.39 is 0 Å². The molecule has 1 aromatic heterocycles. The summed E-state index contributed by atoms with van der Waals surface area (Å²) in [5, 5.41) is 7.45. The summed E-state index contributed by atoms with van der Waals surface area (Å²) >= 11 is 6.25. The summed E-state index contributed by atoms with van der Waals surface area (Å²) in [5.74, 6) is 1.46. The molecule has 4 rings (SSSR count). The van der Waals surface area contributed by atoms with E-state index in [1.165, 1.54) is 4.68 Å². The second-order valence-electron chi connectivity index (χ2n) is 5.76. The van der Waals surface area contributed by atoms with Gasteiger partial charge in [0.1, 0.15) is 18.2 Å². The maximum atomic E-state index is 12.5. The highest BCUT2D eigenvalue weighted by molar-refractivity contribution is 6.32. The van der Waals surface area contributed by atoms with Crippen molar-refractivity contribution in [1.29, 1.82) is 0 Å². The lowest BCUT2D eigenvalue weighted by molar-refractivity contribution is 0.171. The molecule has 0 unspecified atom stereocenters. The van der Waals surface area contributed by atoms with Crippen LogP contribution in [0.5, 0.6) is 11.5 Å². The highest BCUT2D eigenvalue weighted by atomic mass is 35.5. The molecule has 26 heavy (non-hydrogen) atoms. The number of halogens is 1. The summed E-state index contributed by atoms with van der Waals surface area (Å²) in [7, 11) is 0. The first kappa shape index (κ1) is 16.5. The highest BCUT2D eigenvalue weighted by Gasteiger charge is 2.13. The number of hydrogen-bond acceptors (Lipinski definition) is 5. The van der Waals surface area contributed by atoms with Crippen LogP contribution in [0.3, 0.4) is 0 Å². The first-order valence-electron chi connectivity index (χ1n) is 8.18. The van der Waals surface area contributed by atoms with Gasteiger partial charge in [-0.1, -0.05) is 35.9 Å². The summed E-state index contributed by atoms with van der Waals surface area (Å²) in [6.07, 6.45) is 1.55. The third-order valence-corrected chi connectivity index (χ3v) is 4.37. The van der Waals surface area contributed by atoms with Crippen LogP contribution in [-0.2, 0) is 6.54 Å². The van der Waals surface area contributed by atoms with E-state index in [4.69, 9.17) is 21.1 Å². The summed E-state index contributed by atoms with van der Waals surface area (Å²) in [6.45, 7) is 1.58. The van der Waals surface area contributed by atoms with Crippen LogP contribution in [-0.4, -0.2) is 23.0 Å². The molecule has 0 amide bonds. The van der Waals surface area contributed by atoms with Crippen LogP contribution in [0, 0.1) is 0 Å². The quantitative estimate of drug-likeness (QED) is 0.764. The van der Waals surface area contributed by atoms with Gasteiger partial charge in [-0.15, -0.1) is 0 Å². The van der Waals surface area contributed by atoms with Gasteiger partial charge in [-0.2, -0.15) is 9.78 Å². The Morgan fingerprint density at radius 3 is 2.65 bits per heavy atom. The van der Waals surface area contributed by atoms with E-state index in [-0.39, 0.29) is 10.6 Å². The number of rotatable bonds is 4. The Hall–Kier alpha value is -2.99. The smallest absolute Gasteiger partial charge is 0.292 e. The summed E-state index contributed by atoms with van der Waals surface area (Å²) < 4.78 is 12.4. The summed E-state index contributed by atoms with van der Waals surface area (Å²) in [4.78, 5) is 12.5. The SMILES string of the molecule is O=c1c(Cl)c(NCc2ccc3c(c2)OCCO3)cnn1-c1ccccc1. The van der Waals surface area contributed by atoms with Gasteiger partial charge in [0.25, 0.3) is 5.56 Å². The van der Waals surface area contributed by atoms with Gasteiger partial charge >= 0.3 is 0 Å². The second-order valence-corrected chi connectivity index (χ2v) is 6.13. The van der Waals surface area contributed by atoms with Crippen molar-refractivity contribution >= 4 is 17.3 Å². The zero-order chi connectivity index (χ0) is 17.9. The molecule has 1 aliphatic heterocycles. The highest BCUT2D eigenvalue weighted by Crippen LogP contribution is 2.31. The summed E-state index contributed by atoms with van der Waals surface area (Å²) in [6, 6.07) is 14.9. The van der Waals surface area contributed by atoms with Crippen molar-refractivity contribution in [1.82, 2.24) is 9.78 Å². The molecule has 0 saturated heterocycles. The summed E-state index contributed by atoms with van der Waals surface area (Å²) in [5.41, 5.74) is 1.76. The van der Waals surface area contributed by atoms with Gasteiger partial charge in [0.05, 0.1) is 17.6 Å². The van der Waals surface area contributed by atoms with E-state index in [1.807, 2.05) is 36.4 Å². The minimum Gasteiger partial charge on any atom is -0.486 e. The van der Waals surface area contributed by atoms with Gasteiger partial charge in [0.15, 0.2) is 11.5 Å². The number of ether oxygens (including phenoxy) is 2. The molecule has 3 aromatic rings. The van der Waals surface area contributed by atoms with Crippen LogP contribution in [0.15, 0.2) is 59.5 Å². The Labute approximate surface area is 154 Å². The lowest BCUT2D eigenvalue weighted by atomic mass is 10.2. The first-order valence-corrected chi connectivity index (χ1v) is 8.56. The fraction of sp³-hybridized carbons (Fsp3) is 0.158. The standard InChI is InChI=1S/C19H16ClN3O3/c20-18-15(12-22-23(19(18)24)14-4-2-1-3-5-14)21-11-13-6-7-16-17(10-13)26-9-8-25-16/h1-7,10,12,21H,8-9,11H2. The van der Waals surface area contributed by atoms with Crippen LogP contribution in [0.1, 0.15) is 5.56 Å². The molecule has 0 fully saturated rings. The molecule has 0 atom stereocenters. The fourth-order valence-corrected chi connectivity index (χ4v) is 2.90. The van der Waals surface area contributed by atoms with Crippen LogP contribution in [0.4, 0.5) is 5.69 Å². The number of nitrogens with one attached hydrogen (secondary N) is 1. The Morgan fingerprint density at radius 1 is 1.08 bits per heavy atom. The normalized spacial score (nSPS) is 12.7. The van der Waals surface area contributed by atoms with Crippen molar-refractivity contribution in [3.05, 3.63) is 75.7 Å². The number of hydrogen-bond donors (Lipinski definition) is 1. The van der Waals surface area contributed by atoms with Crippen LogP contribution < -0.4 is 20.3 Å². The predicted molar refractivity (Wildman–Crippen MR) is 99.6 cm³/mol. The number of benzene rings is 2. The molecule has 132 valence electrons. The van der Waals surface area contributed by atoms with E-state index in [0.29, 0.717) is 31.1 Å². The molecule has 1 N–H and O–H groups in total. The maximum absolute atomic E-state index is 12.5. The molecule has 7 heteroatoms. The molecule has 1 aliphatic rings. The molecule has 2 heterocycles. The van der Waals surface area contributed by atoms with E-state index in [9.17, 15) is 4.79 Å². The zero-order valence-electron chi connectivity index (χ0n) is 13.8. The van der Waals surface area contributed by atoms with E-state index in [1.54, 1.807) is 18.3 Å². The second kappa shape index (κ2) is 7.09. The van der Waals surface area contributed by atoms with Crippen molar-refractivity contribution in [2.45, 2.75) is 6.54 Å². The third-order valence-electron chi connectivity index (χ3n) is 4.01. The average Bonchev–Trinajstić information content (AvgIpc) is 2.69. The first-order chi connectivity index (χ1) is 12.7. The van der Waals surface area contributed by atoms with E-state index in [0.717, 1.165) is 17.1 Å². The Morgan fingerprint density at radius 2 is 1.85 bits per heavy atom. The van der Waals surface area contributed by atoms with Crippen molar-refractivity contribution < 1.29 is 9.47 Å². The van der Waals surface area contributed by atoms with Crippen LogP contribution >= 0.6 is 11.6 Å². The van der Waals surface area contributed by atoms with Gasteiger partial charge in [-0.05, 0) is 29.8 Å². The molecule has 0 spiro atoms. The number of anilines is 1. The fourth-order valence-electron chi connectivity index (χ4n) is 2.70. The molecule has 0 bridgehead atoms. The van der Waals surface area contributed by atoms with Gasteiger partial charge in [0.2, 0.25) is 0 Å². The number of aromatic nitrogens is 2. The topological polar surface area (TPSA) is 65.4 Å². The number of fused-ring (bicyclic) bond motifs is 1. The molecular weight excluding hydrogens is 354 g/mol. The number of nitrogens with zero attached hydrogens (tertiary/aromatic N) is 2. The molecule has 0 saturated carbocycles. The maximum Gasteiger partial charge on any atom is 0.292 e.